The van der Waals surface area contributed by atoms with E-state index in [0.29, 0.717) is 6.04 Å². The Morgan fingerprint density at radius 1 is 1.38 bits per heavy atom. The molecular weight excluding hydrogens is 160 g/mol. The van der Waals surface area contributed by atoms with Gasteiger partial charge in [0.2, 0.25) is 0 Å². The Morgan fingerprint density at radius 3 is 2.92 bits per heavy atom. The van der Waals surface area contributed by atoms with E-state index in [-0.39, 0.29) is 0 Å². The summed E-state index contributed by atoms with van der Waals surface area (Å²) in [5, 5.41) is 0. The average molecular weight is 176 g/mol. The van der Waals surface area contributed by atoms with Crippen LogP contribution in [0, 0.1) is 6.92 Å². The number of rotatable bonds is 0. The highest BCUT2D eigenvalue weighted by Gasteiger charge is 2.17. The molecule has 1 aliphatic rings. The summed E-state index contributed by atoms with van der Waals surface area (Å²) in [5.41, 5.74) is 16.7. The third-order valence-corrected chi connectivity index (χ3v) is 2.98. The Morgan fingerprint density at radius 2 is 2.15 bits per heavy atom. The molecule has 0 fully saturated rings. The minimum absolute atomic E-state index is 0.343. The minimum Gasteiger partial charge on any atom is -0.399 e. The van der Waals surface area contributed by atoms with Gasteiger partial charge in [-0.3, -0.25) is 0 Å². The van der Waals surface area contributed by atoms with Crippen molar-refractivity contribution in [2.24, 2.45) is 5.73 Å². The quantitative estimate of drug-likeness (QED) is 0.587. The van der Waals surface area contributed by atoms with Crippen LogP contribution in [0.25, 0.3) is 0 Å². The Labute approximate surface area is 78.9 Å². The van der Waals surface area contributed by atoms with E-state index in [4.69, 9.17) is 11.5 Å². The zero-order chi connectivity index (χ0) is 9.42. The van der Waals surface area contributed by atoms with Crippen LogP contribution in [0.15, 0.2) is 12.1 Å². The first-order valence-electron chi connectivity index (χ1n) is 4.81. The van der Waals surface area contributed by atoms with Crippen LogP contribution in [0.1, 0.15) is 23.1 Å². The van der Waals surface area contributed by atoms with Gasteiger partial charge in [-0.25, -0.2) is 0 Å². The molecule has 0 bridgehead atoms. The fraction of sp³-hybridized carbons (Fsp3) is 0.455. The van der Waals surface area contributed by atoms with Crippen LogP contribution in [0.5, 0.6) is 0 Å². The van der Waals surface area contributed by atoms with E-state index in [1.165, 1.54) is 16.7 Å². The van der Waals surface area contributed by atoms with Crippen LogP contribution in [-0.4, -0.2) is 6.04 Å². The molecule has 1 aromatic carbocycles. The zero-order valence-electron chi connectivity index (χ0n) is 8.01. The van der Waals surface area contributed by atoms with E-state index in [2.05, 4.69) is 13.0 Å². The van der Waals surface area contributed by atoms with E-state index in [1.54, 1.807) is 0 Å². The number of benzene rings is 1. The van der Waals surface area contributed by atoms with Crippen molar-refractivity contribution in [3.8, 4) is 0 Å². The van der Waals surface area contributed by atoms with E-state index in [0.717, 1.165) is 24.9 Å². The maximum atomic E-state index is 5.91. The van der Waals surface area contributed by atoms with Crippen LogP contribution in [0.4, 0.5) is 5.69 Å². The largest absolute Gasteiger partial charge is 0.399 e. The van der Waals surface area contributed by atoms with Crippen molar-refractivity contribution in [3.63, 3.8) is 0 Å². The van der Waals surface area contributed by atoms with Gasteiger partial charge in [-0.05, 0) is 48.9 Å². The van der Waals surface area contributed by atoms with Crippen LogP contribution >= 0.6 is 0 Å². The summed E-state index contributed by atoms with van der Waals surface area (Å²) in [6.45, 7) is 2.10. The summed E-state index contributed by atoms with van der Waals surface area (Å²) in [4.78, 5) is 0. The summed E-state index contributed by atoms with van der Waals surface area (Å²) in [6.07, 6.45) is 3.20. The fourth-order valence-electron chi connectivity index (χ4n) is 2.08. The molecule has 0 spiro atoms. The van der Waals surface area contributed by atoms with Gasteiger partial charge in [0, 0.05) is 11.7 Å². The van der Waals surface area contributed by atoms with E-state index in [1.807, 2.05) is 6.07 Å². The van der Waals surface area contributed by atoms with Gasteiger partial charge in [0.25, 0.3) is 0 Å². The molecular formula is C11H16N2. The molecule has 2 rings (SSSR count). The lowest BCUT2D eigenvalue weighted by molar-refractivity contribution is 0.575. The number of nitrogens with two attached hydrogens (primary N) is 2. The molecule has 70 valence electrons. The molecule has 0 saturated carbocycles. The van der Waals surface area contributed by atoms with Crippen molar-refractivity contribution < 1.29 is 0 Å². The SMILES string of the molecule is Cc1c(N)ccc2c1CCC(N)C2. The first-order valence-corrected chi connectivity index (χ1v) is 4.81. The van der Waals surface area contributed by atoms with Gasteiger partial charge in [-0.2, -0.15) is 0 Å². The average Bonchev–Trinajstić information content (AvgIpc) is 2.12. The van der Waals surface area contributed by atoms with E-state index < -0.39 is 0 Å². The van der Waals surface area contributed by atoms with Crippen LogP contribution < -0.4 is 11.5 Å². The molecule has 1 atom stereocenters. The third kappa shape index (κ3) is 1.42. The molecule has 0 aliphatic heterocycles. The van der Waals surface area contributed by atoms with Gasteiger partial charge in [-0.1, -0.05) is 6.07 Å². The van der Waals surface area contributed by atoms with Crippen molar-refractivity contribution in [2.45, 2.75) is 32.2 Å². The Balaban J connectivity index is 2.47. The van der Waals surface area contributed by atoms with Crippen molar-refractivity contribution >= 4 is 5.69 Å². The first kappa shape index (κ1) is 8.57. The van der Waals surface area contributed by atoms with Crippen LogP contribution in [0.3, 0.4) is 0 Å². The molecule has 0 saturated heterocycles. The second kappa shape index (κ2) is 3.04. The Kier molecular flexibility index (Phi) is 2.00. The predicted molar refractivity (Wildman–Crippen MR) is 55.6 cm³/mol. The predicted octanol–water partition coefficient (Wildman–Crippen LogP) is 1.39. The van der Waals surface area contributed by atoms with Crippen LogP contribution in [0.2, 0.25) is 0 Å². The Hall–Kier alpha value is -1.02. The number of nitrogen functional groups attached to an aromatic ring is 1. The lowest BCUT2D eigenvalue weighted by Gasteiger charge is -2.23. The molecule has 1 unspecified atom stereocenters. The van der Waals surface area contributed by atoms with Gasteiger partial charge in [0.05, 0.1) is 0 Å². The molecule has 0 amide bonds. The molecule has 1 aliphatic carbocycles. The number of anilines is 1. The third-order valence-electron chi connectivity index (χ3n) is 2.98. The van der Waals surface area contributed by atoms with Crippen molar-refractivity contribution in [1.29, 1.82) is 0 Å². The molecule has 0 aromatic heterocycles. The van der Waals surface area contributed by atoms with Gasteiger partial charge in [0.1, 0.15) is 0 Å². The van der Waals surface area contributed by atoms with Gasteiger partial charge < -0.3 is 11.5 Å². The molecule has 2 heteroatoms. The fourth-order valence-corrected chi connectivity index (χ4v) is 2.08. The summed E-state index contributed by atoms with van der Waals surface area (Å²) in [5.74, 6) is 0. The number of hydrogen-bond acceptors (Lipinski definition) is 2. The van der Waals surface area contributed by atoms with Gasteiger partial charge in [0.15, 0.2) is 0 Å². The van der Waals surface area contributed by atoms with Crippen molar-refractivity contribution in [1.82, 2.24) is 0 Å². The maximum Gasteiger partial charge on any atom is 0.0346 e. The number of hydrogen-bond donors (Lipinski definition) is 2. The topological polar surface area (TPSA) is 52.0 Å². The second-order valence-corrected chi connectivity index (χ2v) is 3.92. The maximum absolute atomic E-state index is 5.91. The lowest BCUT2D eigenvalue weighted by atomic mass is 9.85. The van der Waals surface area contributed by atoms with E-state index in [9.17, 15) is 0 Å². The van der Waals surface area contributed by atoms with Crippen LogP contribution in [-0.2, 0) is 12.8 Å². The van der Waals surface area contributed by atoms with Crippen molar-refractivity contribution in [2.75, 3.05) is 5.73 Å². The van der Waals surface area contributed by atoms with Gasteiger partial charge in [-0.15, -0.1) is 0 Å². The van der Waals surface area contributed by atoms with Crippen molar-refractivity contribution in [3.05, 3.63) is 28.8 Å². The second-order valence-electron chi connectivity index (χ2n) is 3.92. The normalized spacial score (nSPS) is 21.2. The number of fused-ring (bicyclic) bond motifs is 1. The molecule has 0 radical (unpaired) electrons. The summed E-state index contributed by atoms with van der Waals surface area (Å²) < 4.78 is 0. The minimum atomic E-state index is 0.343. The molecule has 1 aromatic rings. The summed E-state index contributed by atoms with van der Waals surface area (Å²) in [7, 11) is 0. The first-order chi connectivity index (χ1) is 6.18. The highest BCUT2D eigenvalue weighted by Crippen LogP contribution is 2.26. The highest BCUT2D eigenvalue weighted by molar-refractivity contribution is 5.54. The van der Waals surface area contributed by atoms with Gasteiger partial charge >= 0.3 is 0 Å². The lowest BCUT2D eigenvalue weighted by Crippen LogP contribution is -2.28. The summed E-state index contributed by atoms with van der Waals surface area (Å²) in [6, 6.07) is 4.46. The molecule has 0 heterocycles. The highest BCUT2D eigenvalue weighted by atomic mass is 14.6. The molecule has 4 N–H and O–H groups in total. The standard InChI is InChI=1S/C11H16N2/c1-7-10-4-3-9(12)6-8(10)2-5-11(7)13/h2,5,9H,3-4,6,12-13H2,1H3. The monoisotopic (exact) mass is 176 g/mol. The molecule has 2 nitrogen and oxygen atoms in total. The zero-order valence-corrected chi connectivity index (χ0v) is 8.01. The van der Waals surface area contributed by atoms with E-state index >= 15 is 0 Å². The smallest absolute Gasteiger partial charge is 0.0346 e. The molecule has 13 heavy (non-hydrogen) atoms. The Bertz CT molecular complexity index is 331. The summed E-state index contributed by atoms with van der Waals surface area (Å²) >= 11 is 0.